The number of esters is 1. The van der Waals surface area contributed by atoms with Gasteiger partial charge in [-0.25, -0.2) is 13.2 Å². The average Bonchev–Trinajstić information content (AvgIpc) is 2.50. The van der Waals surface area contributed by atoms with Gasteiger partial charge in [-0.05, 0) is 36.8 Å². The van der Waals surface area contributed by atoms with Crippen molar-refractivity contribution in [3.63, 3.8) is 0 Å². The van der Waals surface area contributed by atoms with Crippen molar-refractivity contribution in [2.75, 3.05) is 5.75 Å². The first kappa shape index (κ1) is 18.0. The van der Waals surface area contributed by atoms with Crippen LogP contribution in [0.2, 0.25) is 5.02 Å². The van der Waals surface area contributed by atoms with E-state index in [1.807, 2.05) is 0 Å². The summed E-state index contributed by atoms with van der Waals surface area (Å²) in [6.45, 7) is 1.76. The number of rotatable bonds is 5. The lowest BCUT2D eigenvalue weighted by atomic mass is 10.2. The molecule has 0 saturated heterocycles. The van der Waals surface area contributed by atoms with Crippen molar-refractivity contribution < 1.29 is 17.9 Å². The Labute approximate surface area is 148 Å². The fourth-order valence-corrected chi connectivity index (χ4v) is 4.24. The van der Waals surface area contributed by atoms with Crippen LogP contribution in [0.5, 0.6) is 5.75 Å². The Kier molecular flexibility index (Phi) is 5.84. The van der Waals surface area contributed by atoms with Gasteiger partial charge in [0.25, 0.3) is 0 Å². The number of carbonyl (C=O) groups excluding carboxylic acids is 1. The molecule has 0 heterocycles. The largest absolute Gasteiger partial charge is 0.421 e. The lowest BCUT2D eigenvalue weighted by molar-refractivity contribution is 0.0731. The highest BCUT2D eigenvalue weighted by Crippen LogP contribution is 2.29. The molecule has 0 N–H and O–H groups in total. The van der Waals surface area contributed by atoms with E-state index in [1.165, 1.54) is 18.2 Å². The fraction of sp³-hybridized carbons (Fsp3) is 0.188. The predicted octanol–water partition coefficient (Wildman–Crippen LogP) is 4.51. The van der Waals surface area contributed by atoms with E-state index in [-0.39, 0.29) is 27.0 Å². The first-order chi connectivity index (χ1) is 10.8. The van der Waals surface area contributed by atoms with E-state index in [0.29, 0.717) is 6.42 Å². The van der Waals surface area contributed by atoms with Gasteiger partial charge in [-0.15, -0.1) is 0 Å². The third-order valence-electron chi connectivity index (χ3n) is 3.01. The van der Waals surface area contributed by atoms with E-state index in [1.54, 1.807) is 31.2 Å². The summed E-state index contributed by atoms with van der Waals surface area (Å²) in [5, 5.41) is 0.252. The lowest BCUT2D eigenvalue weighted by Gasteiger charge is -2.10. The monoisotopic (exact) mass is 416 g/mol. The molecule has 2 rings (SSSR count). The Bertz CT molecular complexity index is 834. The summed E-state index contributed by atoms with van der Waals surface area (Å²) < 4.78 is 30.6. The van der Waals surface area contributed by atoms with Crippen molar-refractivity contribution in [2.45, 2.75) is 18.2 Å². The standard InChI is InChI=1S/C16H14BrClO4S/c1-2-9-23(20,21)15-6-4-3-5-12(15)16(19)22-14-8-7-11(17)10-13(14)18/h3-8,10H,2,9H2,1H3. The Hall–Kier alpha value is -1.37. The zero-order chi connectivity index (χ0) is 17.0. The molecule has 0 radical (unpaired) electrons. The van der Waals surface area contributed by atoms with Crippen molar-refractivity contribution in [3.8, 4) is 5.75 Å². The van der Waals surface area contributed by atoms with Crippen molar-refractivity contribution in [1.29, 1.82) is 0 Å². The molecular formula is C16H14BrClO4S. The zero-order valence-corrected chi connectivity index (χ0v) is 15.4. The summed E-state index contributed by atoms with van der Waals surface area (Å²) in [5.41, 5.74) is -0.0000598. The van der Waals surface area contributed by atoms with E-state index in [4.69, 9.17) is 16.3 Å². The van der Waals surface area contributed by atoms with Gasteiger partial charge in [-0.3, -0.25) is 0 Å². The Morgan fingerprint density at radius 2 is 1.91 bits per heavy atom. The van der Waals surface area contributed by atoms with Gasteiger partial charge < -0.3 is 4.74 Å². The molecule has 0 spiro atoms. The first-order valence-corrected chi connectivity index (χ1v) is 9.66. The molecule has 0 aliphatic heterocycles. The fourth-order valence-electron chi connectivity index (χ4n) is 2.00. The Balaban J connectivity index is 2.37. The molecule has 122 valence electrons. The predicted molar refractivity (Wildman–Crippen MR) is 92.9 cm³/mol. The van der Waals surface area contributed by atoms with Gasteiger partial charge in [0.1, 0.15) is 5.75 Å². The molecule has 4 nitrogen and oxygen atoms in total. The highest BCUT2D eigenvalue weighted by atomic mass is 79.9. The van der Waals surface area contributed by atoms with Crippen molar-refractivity contribution >= 4 is 43.3 Å². The van der Waals surface area contributed by atoms with Crippen LogP contribution in [-0.4, -0.2) is 20.1 Å². The number of halogens is 2. The summed E-state index contributed by atoms with van der Waals surface area (Å²) in [6.07, 6.45) is 0.463. The molecule has 0 aliphatic carbocycles. The van der Waals surface area contributed by atoms with Gasteiger partial charge in [-0.2, -0.15) is 0 Å². The van der Waals surface area contributed by atoms with Gasteiger partial charge in [0.2, 0.25) is 0 Å². The molecule has 0 fully saturated rings. The highest BCUT2D eigenvalue weighted by molar-refractivity contribution is 9.10. The van der Waals surface area contributed by atoms with Crippen LogP contribution >= 0.6 is 27.5 Å². The van der Waals surface area contributed by atoms with Crippen LogP contribution in [0.1, 0.15) is 23.7 Å². The summed E-state index contributed by atoms with van der Waals surface area (Å²) >= 11 is 9.27. The van der Waals surface area contributed by atoms with Crippen LogP contribution in [0.4, 0.5) is 0 Å². The molecule has 0 amide bonds. The van der Waals surface area contributed by atoms with E-state index in [9.17, 15) is 13.2 Å². The average molecular weight is 418 g/mol. The third-order valence-corrected chi connectivity index (χ3v) is 5.77. The second-order valence-electron chi connectivity index (χ2n) is 4.78. The normalized spacial score (nSPS) is 11.3. The summed E-state index contributed by atoms with van der Waals surface area (Å²) in [6, 6.07) is 10.8. The maximum absolute atomic E-state index is 12.4. The molecule has 0 bridgehead atoms. The minimum Gasteiger partial charge on any atom is -0.421 e. The van der Waals surface area contributed by atoms with Crippen LogP contribution in [0.3, 0.4) is 0 Å². The number of carbonyl (C=O) groups is 1. The SMILES string of the molecule is CCCS(=O)(=O)c1ccccc1C(=O)Oc1ccc(Br)cc1Cl. The number of hydrogen-bond donors (Lipinski definition) is 0. The van der Waals surface area contributed by atoms with Gasteiger partial charge in [0, 0.05) is 4.47 Å². The molecule has 23 heavy (non-hydrogen) atoms. The molecule has 0 saturated carbocycles. The molecule has 2 aromatic carbocycles. The summed E-state index contributed by atoms with van der Waals surface area (Å²) in [4.78, 5) is 12.3. The van der Waals surface area contributed by atoms with Crippen molar-refractivity contribution in [3.05, 3.63) is 57.5 Å². The van der Waals surface area contributed by atoms with Gasteiger partial charge in [0.05, 0.1) is 21.2 Å². The minimum absolute atomic E-state index is 0.0000598. The maximum atomic E-state index is 12.4. The van der Waals surface area contributed by atoms with Crippen LogP contribution in [0, 0.1) is 0 Å². The molecule has 0 aliphatic rings. The number of sulfone groups is 1. The lowest BCUT2D eigenvalue weighted by Crippen LogP contribution is -2.16. The third kappa shape index (κ3) is 4.34. The van der Waals surface area contributed by atoms with Crippen LogP contribution in [0.25, 0.3) is 0 Å². The minimum atomic E-state index is -3.54. The maximum Gasteiger partial charge on any atom is 0.344 e. The molecule has 7 heteroatoms. The van der Waals surface area contributed by atoms with Crippen molar-refractivity contribution in [1.82, 2.24) is 0 Å². The summed E-state index contributed by atoms with van der Waals surface area (Å²) in [5.74, 6) is -0.622. The van der Waals surface area contributed by atoms with E-state index in [0.717, 1.165) is 4.47 Å². The van der Waals surface area contributed by atoms with Gasteiger partial charge in [-0.1, -0.05) is 46.6 Å². The van der Waals surface area contributed by atoms with Crippen LogP contribution in [0.15, 0.2) is 51.8 Å². The molecular weight excluding hydrogens is 404 g/mol. The second-order valence-corrected chi connectivity index (χ2v) is 8.18. The van der Waals surface area contributed by atoms with Crippen molar-refractivity contribution in [2.24, 2.45) is 0 Å². The molecule has 0 unspecified atom stereocenters. The quantitative estimate of drug-likeness (QED) is 0.530. The highest BCUT2D eigenvalue weighted by Gasteiger charge is 2.23. The topological polar surface area (TPSA) is 60.4 Å². The zero-order valence-electron chi connectivity index (χ0n) is 12.3. The molecule has 2 aromatic rings. The number of ether oxygens (including phenoxy) is 1. The summed E-state index contributed by atoms with van der Waals surface area (Å²) in [7, 11) is -3.54. The Morgan fingerprint density at radius 3 is 2.57 bits per heavy atom. The van der Waals surface area contributed by atoms with Crippen LogP contribution < -0.4 is 4.74 Å². The first-order valence-electron chi connectivity index (χ1n) is 6.84. The molecule has 0 aromatic heterocycles. The van der Waals surface area contributed by atoms with Gasteiger partial charge >= 0.3 is 5.97 Å². The van der Waals surface area contributed by atoms with E-state index < -0.39 is 15.8 Å². The Morgan fingerprint density at radius 1 is 1.22 bits per heavy atom. The number of benzene rings is 2. The van der Waals surface area contributed by atoms with Gasteiger partial charge in [0.15, 0.2) is 9.84 Å². The van der Waals surface area contributed by atoms with E-state index in [2.05, 4.69) is 15.9 Å². The molecule has 0 atom stereocenters. The van der Waals surface area contributed by atoms with E-state index >= 15 is 0 Å². The smallest absolute Gasteiger partial charge is 0.344 e. The van der Waals surface area contributed by atoms with Crippen LogP contribution in [-0.2, 0) is 9.84 Å². The number of hydrogen-bond acceptors (Lipinski definition) is 4. The second kappa shape index (κ2) is 7.47.